The first kappa shape index (κ1) is 15.9. The van der Waals surface area contributed by atoms with E-state index in [4.69, 9.17) is 0 Å². The van der Waals surface area contributed by atoms with Gasteiger partial charge in [0.2, 0.25) is 5.91 Å². The summed E-state index contributed by atoms with van der Waals surface area (Å²) in [7, 11) is 1.73. The summed E-state index contributed by atoms with van der Waals surface area (Å²) in [5.41, 5.74) is 2.14. The van der Waals surface area contributed by atoms with Crippen LogP contribution in [0.5, 0.6) is 0 Å². The van der Waals surface area contributed by atoms with Gasteiger partial charge in [-0.3, -0.25) is 9.78 Å². The average molecular weight is 320 g/mol. The molecule has 0 aliphatic carbocycles. The number of pyridine rings is 1. The van der Waals surface area contributed by atoms with Crippen LogP contribution < -0.4 is 4.90 Å². The van der Waals surface area contributed by atoms with Crippen molar-refractivity contribution in [2.45, 2.75) is 5.92 Å². The zero-order valence-corrected chi connectivity index (χ0v) is 13.3. The summed E-state index contributed by atoms with van der Waals surface area (Å²) in [6.45, 7) is 0. The predicted octanol–water partition coefficient (Wildman–Crippen LogP) is 4.02. The molecule has 120 valence electrons. The molecule has 1 amide bonds. The van der Waals surface area contributed by atoms with Gasteiger partial charge in [-0.05, 0) is 42.0 Å². The van der Waals surface area contributed by atoms with Gasteiger partial charge in [-0.2, -0.15) is 0 Å². The smallest absolute Gasteiger partial charge is 0.240 e. The molecule has 2 aromatic carbocycles. The summed E-state index contributed by atoms with van der Waals surface area (Å²) in [6, 6.07) is 20.8. The fourth-order valence-corrected chi connectivity index (χ4v) is 2.61. The third-order valence-electron chi connectivity index (χ3n) is 3.91. The molecule has 1 unspecified atom stereocenters. The summed E-state index contributed by atoms with van der Waals surface area (Å²) < 4.78 is 13.3. The molecule has 0 fully saturated rings. The molecule has 24 heavy (non-hydrogen) atoms. The third kappa shape index (κ3) is 3.33. The quantitative estimate of drug-likeness (QED) is 0.727. The lowest BCUT2D eigenvalue weighted by molar-refractivity contribution is -0.119. The largest absolute Gasteiger partial charge is 0.315 e. The van der Waals surface area contributed by atoms with Crippen molar-refractivity contribution in [2.24, 2.45) is 0 Å². The van der Waals surface area contributed by atoms with E-state index in [1.165, 1.54) is 12.1 Å². The molecule has 0 bridgehead atoms. The zero-order valence-electron chi connectivity index (χ0n) is 13.3. The van der Waals surface area contributed by atoms with Crippen LogP contribution in [0.25, 0.3) is 0 Å². The van der Waals surface area contributed by atoms with E-state index in [2.05, 4.69) is 4.98 Å². The number of hydrogen-bond acceptors (Lipinski definition) is 2. The maximum Gasteiger partial charge on any atom is 0.240 e. The molecule has 0 N–H and O–H groups in total. The van der Waals surface area contributed by atoms with Crippen LogP contribution >= 0.6 is 0 Å². The normalized spacial score (nSPS) is 11.8. The molecule has 3 rings (SSSR count). The first-order valence-corrected chi connectivity index (χ1v) is 7.66. The van der Waals surface area contributed by atoms with E-state index in [1.54, 1.807) is 36.3 Å². The fourth-order valence-electron chi connectivity index (χ4n) is 2.61. The molecule has 0 aliphatic rings. The SMILES string of the molecule is CN(C(=O)C(c1ccc(F)cc1)c1ccccn1)c1ccccc1. The summed E-state index contributed by atoms with van der Waals surface area (Å²) in [5.74, 6) is -1.04. The van der Waals surface area contributed by atoms with Crippen LogP contribution in [0.4, 0.5) is 10.1 Å². The van der Waals surface area contributed by atoms with Crippen molar-refractivity contribution in [3.63, 3.8) is 0 Å². The number of para-hydroxylation sites is 1. The van der Waals surface area contributed by atoms with Crippen LogP contribution in [0.3, 0.4) is 0 Å². The number of carbonyl (C=O) groups excluding carboxylic acids is 1. The average Bonchev–Trinajstić information content (AvgIpc) is 2.64. The van der Waals surface area contributed by atoms with Gasteiger partial charge in [0.05, 0.1) is 5.69 Å². The molecule has 3 nitrogen and oxygen atoms in total. The van der Waals surface area contributed by atoms with Crippen LogP contribution in [-0.2, 0) is 4.79 Å². The third-order valence-corrected chi connectivity index (χ3v) is 3.91. The lowest BCUT2D eigenvalue weighted by atomic mass is 9.93. The summed E-state index contributed by atoms with van der Waals surface area (Å²) in [5, 5.41) is 0. The number of aromatic nitrogens is 1. The fraction of sp³-hybridized carbons (Fsp3) is 0.100. The second-order valence-corrected chi connectivity index (χ2v) is 5.47. The maximum absolute atomic E-state index is 13.3. The molecule has 0 radical (unpaired) electrons. The molecule has 0 saturated heterocycles. The molecule has 1 aromatic heterocycles. The Balaban J connectivity index is 2.01. The van der Waals surface area contributed by atoms with Gasteiger partial charge in [0.1, 0.15) is 11.7 Å². The van der Waals surface area contributed by atoms with Crippen LogP contribution in [0, 0.1) is 5.82 Å². The Morgan fingerprint density at radius 3 is 2.25 bits per heavy atom. The molecule has 3 aromatic rings. The van der Waals surface area contributed by atoms with Crippen LogP contribution in [0.1, 0.15) is 17.2 Å². The van der Waals surface area contributed by atoms with Gasteiger partial charge in [-0.1, -0.05) is 36.4 Å². The summed E-state index contributed by atoms with van der Waals surface area (Å²) >= 11 is 0. The van der Waals surface area contributed by atoms with Crippen molar-refractivity contribution in [3.8, 4) is 0 Å². The highest BCUT2D eigenvalue weighted by Gasteiger charge is 2.27. The van der Waals surface area contributed by atoms with Gasteiger partial charge in [-0.25, -0.2) is 4.39 Å². The molecular formula is C20H17FN2O. The first-order valence-electron chi connectivity index (χ1n) is 7.66. The van der Waals surface area contributed by atoms with Crippen LogP contribution in [0.2, 0.25) is 0 Å². The van der Waals surface area contributed by atoms with Crippen molar-refractivity contribution < 1.29 is 9.18 Å². The number of nitrogens with zero attached hydrogens (tertiary/aromatic N) is 2. The van der Waals surface area contributed by atoms with Crippen molar-refractivity contribution in [3.05, 3.63) is 96.1 Å². The van der Waals surface area contributed by atoms with Gasteiger partial charge in [0.15, 0.2) is 0 Å². The Morgan fingerprint density at radius 2 is 1.62 bits per heavy atom. The lowest BCUT2D eigenvalue weighted by Gasteiger charge is -2.24. The van der Waals surface area contributed by atoms with E-state index < -0.39 is 5.92 Å². The Labute approximate surface area is 140 Å². The Hall–Kier alpha value is -3.01. The number of benzene rings is 2. The van der Waals surface area contributed by atoms with Gasteiger partial charge in [0, 0.05) is 18.9 Å². The van der Waals surface area contributed by atoms with Crippen molar-refractivity contribution >= 4 is 11.6 Å². The molecule has 0 saturated carbocycles. The highest BCUT2D eigenvalue weighted by molar-refractivity contribution is 5.99. The van der Waals surface area contributed by atoms with Crippen molar-refractivity contribution in [2.75, 3.05) is 11.9 Å². The number of carbonyl (C=O) groups is 1. The van der Waals surface area contributed by atoms with Crippen molar-refractivity contribution in [1.29, 1.82) is 0 Å². The molecule has 0 aliphatic heterocycles. The number of amides is 1. The molecular weight excluding hydrogens is 303 g/mol. The van der Waals surface area contributed by atoms with E-state index in [0.29, 0.717) is 11.3 Å². The van der Waals surface area contributed by atoms with Crippen molar-refractivity contribution in [1.82, 2.24) is 4.98 Å². The Bertz CT molecular complexity index is 804. The second kappa shape index (κ2) is 7.04. The summed E-state index contributed by atoms with van der Waals surface area (Å²) in [6.07, 6.45) is 1.65. The number of rotatable bonds is 4. The van der Waals surface area contributed by atoms with E-state index in [9.17, 15) is 9.18 Å². The highest BCUT2D eigenvalue weighted by Crippen LogP contribution is 2.27. The summed E-state index contributed by atoms with van der Waals surface area (Å²) in [4.78, 5) is 19.1. The van der Waals surface area contributed by atoms with E-state index in [1.807, 2.05) is 42.5 Å². The van der Waals surface area contributed by atoms with E-state index in [-0.39, 0.29) is 11.7 Å². The topological polar surface area (TPSA) is 33.2 Å². The zero-order chi connectivity index (χ0) is 16.9. The second-order valence-electron chi connectivity index (χ2n) is 5.47. The van der Waals surface area contributed by atoms with E-state index >= 15 is 0 Å². The van der Waals surface area contributed by atoms with Gasteiger partial charge >= 0.3 is 0 Å². The minimum atomic E-state index is -0.586. The van der Waals surface area contributed by atoms with Gasteiger partial charge in [-0.15, -0.1) is 0 Å². The number of hydrogen-bond donors (Lipinski definition) is 0. The number of likely N-dealkylation sites (N-methyl/N-ethyl adjacent to an activating group) is 1. The molecule has 1 atom stereocenters. The minimum Gasteiger partial charge on any atom is -0.315 e. The van der Waals surface area contributed by atoms with E-state index in [0.717, 1.165) is 5.69 Å². The lowest BCUT2D eigenvalue weighted by Crippen LogP contribution is -2.32. The number of halogens is 1. The molecule has 1 heterocycles. The Morgan fingerprint density at radius 1 is 0.958 bits per heavy atom. The minimum absolute atomic E-state index is 0.119. The Kier molecular flexibility index (Phi) is 4.66. The van der Waals surface area contributed by atoms with Gasteiger partial charge < -0.3 is 4.90 Å². The molecule has 0 spiro atoms. The van der Waals surface area contributed by atoms with Crippen LogP contribution in [0.15, 0.2) is 79.0 Å². The van der Waals surface area contributed by atoms with Crippen LogP contribution in [-0.4, -0.2) is 17.9 Å². The molecule has 4 heteroatoms. The number of anilines is 1. The highest BCUT2D eigenvalue weighted by atomic mass is 19.1. The first-order chi connectivity index (χ1) is 11.7. The monoisotopic (exact) mass is 320 g/mol. The standard InChI is InChI=1S/C20H17FN2O/c1-23(17-7-3-2-4-8-17)20(24)19(18-9-5-6-14-22-18)15-10-12-16(21)13-11-15/h2-14,19H,1H3. The predicted molar refractivity (Wildman–Crippen MR) is 92.3 cm³/mol. The van der Waals surface area contributed by atoms with Gasteiger partial charge in [0.25, 0.3) is 0 Å². The maximum atomic E-state index is 13.3.